The van der Waals surface area contributed by atoms with Gasteiger partial charge in [-0.3, -0.25) is 4.79 Å². The van der Waals surface area contributed by atoms with Crippen molar-refractivity contribution < 1.29 is 9.90 Å². The Morgan fingerprint density at radius 3 is 2.90 bits per heavy atom. The van der Waals surface area contributed by atoms with E-state index in [9.17, 15) is 9.90 Å². The van der Waals surface area contributed by atoms with Gasteiger partial charge in [0.1, 0.15) is 0 Å². The maximum absolute atomic E-state index is 12.1. The average molecular weight is 301 g/mol. The lowest BCUT2D eigenvalue weighted by atomic mass is 9.92. The molecule has 0 radical (unpaired) electrons. The molecular weight excluding hydrogens is 282 g/mol. The van der Waals surface area contributed by atoms with Gasteiger partial charge in [0, 0.05) is 16.9 Å². The summed E-state index contributed by atoms with van der Waals surface area (Å²) in [5.41, 5.74) is 3.77. The monoisotopic (exact) mass is 301 g/mol. The molecule has 2 aromatic rings. The number of aliphatic hydroxyl groups excluding tert-OH is 1. The molecule has 0 spiro atoms. The fourth-order valence-electron chi connectivity index (χ4n) is 3.01. The second kappa shape index (κ2) is 5.62. The molecule has 110 valence electrons. The summed E-state index contributed by atoms with van der Waals surface area (Å²) in [6, 6.07) is 8.05. The van der Waals surface area contributed by atoms with Crippen molar-refractivity contribution in [1.29, 1.82) is 0 Å². The lowest BCUT2D eigenvalue weighted by Gasteiger charge is -2.16. The van der Waals surface area contributed by atoms with Crippen LogP contribution < -0.4 is 5.32 Å². The van der Waals surface area contributed by atoms with Gasteiger partial charge in [-0.05, 0) is 30.4 Å². The summed E-state index contributed by atoms with van der Waals surface area (Å²) < 4.78 is 0. The Morgan fingerprint density at radius 1 is 1.43 bits per heavy atom. The fourth-order valence-corrected chi connectivity index (χ4v) is 3.75. The van der Waals surface area contributed by atoms with E-state index >= 15 is 0 Å². The van der Waals surface area contributed by atoms with E-state index in [0.29, 0.717) is 6.42 Å². The number of anilines is 1. The number of amides is 1. The van der Waals surface area contributed by atoms with Gasteiger partial charge in [-0.25, -0.2) is 0 Å². The molecule has 3 rings (SSSR count). The zero-order chi connectivity index (χ0) is 15.0. The minimum atomic E-state index is -0.590. The summed E-state index contributed by atoms with van der Waals surface area (Å²) in [5.74, 6) is -0.0461. The lowest BCUT2D eigenvalue weighted by Crippen LogP contribution is -2.11. The Kier molecular flexibility index (Phi) is 3.83. The second-order valence-electron chi connectivity index (χ2n) is 5.57. The van der Waals surface area contributed by atoms with Crippen molar-refractivity contribution in [3.05, 3.63) is 51.2 Å². The van der Waals surface area contributed by atoms with E-state index in [1.54, 1.807) is 11.3 Å². The number of hydrogen-bond donors (Lipinski definition) is 2. The van der Waals surface area contributed by atoms with Crippen LogP contribution in [0.15, 0.2) is 29.6 Å². The number of rotatable bonds is 4. The summed E-state index contributed by atoms with van der Waals surface area (Å²) in [6.45, 7) is 4.03. The number of aliphatic hydroxyl groups is 1. The third-order valence-electron chi connectivity index (χ3n) is 4.03. The molecule has 0 saturated heterocycles. The molecule has 1 aromatic carbocycles. The van der Waals surface area contributed by atoms with Crippen molar-refractivity contribution in [1.82, 2.24) is 0 Å². The quantitative estimate of drug-likeness (QED) is 0.903. The molecule has 1 aromatic heterocycles. The number of aryl methyl sites for hydroxylation is 1. The van der Waals surface area contributed by atoms with Crippen LogP contribution >= 0.6 is 11.3 Å². The molecule has 0 saturated carbocycles. The second-order valence-corrected chi connectivity index (χ2v) is 6.60. The van der Waals surface area contributed by atoms with Crippen LogP contribution in [0, 0.1) is 6.92 Å². The number of thiophene rings is 1. The summed E-state index contributed by atoms with van der Waals surface area (Å²) in [5, 5.41) is 15.6. The van der Waals surface area contributed by atoms with Gasteiger partial charge in [0.25, 0.3) is 0 Å². The Hall–Kier alpha value is -1.65. The van der Waals surface area contributed by atoms with Crippen molar-refractivity contribution in [2.24, 2.45) is 0 Å². The van der Waals surface area contributed by atoms with Gasteiger partial charge in [-0.2, -0.15) is 0 Å². The number of carbonyl (C=O) groups is 1. The van der Waals surface area contributed by atoms with Crippen LogP contribution in [-0.4, -0.2) is 11.0 Å². The van der Waals surface area contributed by atoms with Crippen LogP contribution in [-0.2, 0) is 11.2 Å². The topological polar surface area (TPSA) is 49.3 Å². The first-order valence-corrected chi connectivity index (χ1v) is 8.14. The molecule has 0 bridgehead atoms. The van der Waals surface area contributed by atoms with Crippen LogP contribution in [0.5, 0.6) is 0 Å². The maximum Gasteiger partial charge on any atom is 0.232 e. The maximum atomic E-state index is 12.1. The lowest BCUT2D eigenvalue weighted by molar-refractivity contribution is -0.117. The molecule has 3 nitrogen and oxygen atoms in total. The highest BCUT2D eigenvalue weighted by Gasteiger charge is 2.32. The van der Waals surface area contributed by atoms with Gasteiger partial charge < -0.3 is 10.4 Å². The molecule has 21 heavy (non-hydrogen) atoms. The standard InChI is InChI=1S/C17H19NO2S/c1-3-12-13-7-10(2)8-14(16(13)18-17(12)20)15(19)9-11-5-4-6-21-11/h4-8,12,15,19H,3,9H2,1-2H3,(H,18,20). The fraction of sp³-hybridized carbons (Fsp3) is 0.353. The molecule has 2 atom stereocenters. The molecule has 1 aliphatic heterocycles. The highest BCUT2D eigenvalue weighted by atomic mass is 32.1. The first-order valence-electron chi connectivity index (χ1n) is 7.26. The molecule has 1 amide bonds. The Balaban J connectivity index is 1.98. The number of hydrogen-bond acceptors (Lipinski definition) is 3. The zero-order valence-electron chi connectivity index (χ0n) is 12.2. The predicted octanol–water partition coefficient (Wildman–Crippen LogP) is 3.78. The van der Waals surface area contributed by atoms with Crippen molar-refractivity contribution in [2.75, 3.05) is 5.32 Å². The van der Waals surface area contributed by atoms with Crippen LogP contribution in [0.1, 0.15) is 46.9 Å². The van der Waals surface area contributed by atoms with Crippen molar-refractivity contribution in [3.63, 3.8) is 0 Å². The van der Waals surface area contributed by atoms with Gasteiger partial charge >= 0.3 is 0 Å². The van der Waals surface area contributed by atoms with Gasteiger partial charge in [0.15, 0.2) is 0 Å². The van der Waals surface area contributed by atoms with Gasteiger partial charge in [0.2, 0.25) is 5.91 Å². The Morgan fingerprint density at radius 2 is 2.24 bits per heavy atom. The summed E-state index contributed by atoms with van der Waals surface area (Å²) in [7, 11) is 0. The minimum Gasteiger partial charge on any atom is -0.388 e. The van der Waals surface area contributed by atoms with E-state index in [0.717, 1.165) is 33.7 Å². The number of carbonyl (C=O) groups excluding carboxylic acids is 1. The minimum absolute atomic E-state index is 0.0441. The Bertz CT molecular complexity index is 664. The third-order valence-corrected chi connectivity index (χ3v) is 4.92. The molecule has 0 aliphatic carbocycles. The Labute approximate surface area is 128 Å². The molecular formula is C17H19NO2S. The summed E-state index contributed by atoms with van der Waals surface area (Å²) >= 11 is 1.64. The summed E-state index contributed by atoms with van der Waals surface area (Å²) in [4.78, 5) is 13.2. The van der Waals surface area contributed by atoms with Gasteiger partial charge in [0.05, 0.1) is 17.7 Å². The van der Waals surface area contributed by atoms with Crippen molar-refractivity contribution in [3.8, 4) is 0 Å². The van der Waals surface area contributed by atoms with Gasteiger partial charge in [-0.1, -0.05) is 30.7 Å². The molecule has 4 heteroatoms. The smallest absolute Gasteiger partial charge is 0.232 e. The first kappa shape index (κ1) is 14.3. The SMILES string of the molecule is CCC1C(=O)Nc2c(C(O)Cc3cccs3)cc(C)cc21. The van der Waals surface area contributed by atoms with Crippen molar-refractivity contribution in [2.45, 2.75) is 38.7 Å². The normalized spacial score (nSPS) is 18.4. The van der Waals surface area contributed by atoms with Crippen molar-refractivity contribution >= 4 is 22.9 Å². The third kappa shape index (κ3) is 2.61. The zero-order valence-corrected chi connectivity index (χ0v) is 13.0. The van der Waals surface area contributed by atoms with Crippen LogP contribution in [0.4, 0.5) is 5.69 Å². The van der Waals surface area contributed by atoms with Gasteiger partial charge in [-0.15, -0.1) is 11.3 Å². The number of nitrogens with one attached hydrogen (secondary N) is 1. The number of benzene rings is 1. The number of fused-ring (bicyclic) bond motifs is 1. The molecule has 0 fully saturated rings. The van der Waals surface area contributed by atoms with E-state index in [-0.39, 0.29) is 11.8 Å². The van der Waals surface area contributed by atoms with E-state index in [2.05, 4.69) is 11.4 Å². The molecule has 2 N–H and O–H groups in total. The molecule has 1 aliphatic rings. The highest BCUT2D eigenvalue weighted by Crippen LogP contribution is 2.40. The van der Waals surface area contributed by atoms with E-state index in [4.69, 9.17) is 0 Å². The van der Waals surface area contributed by atoms with E-state index in [1.165, 1.54) is 0 Å². The van der Waals surface area contributed by atoms with E-state index < -0.39 is 6.10 Å². The average Bonchev–Trinajstić information content (AvgIpc) is 3.04. The van der Waals surface area contributed by atoms with Crippen LogP contribution in [0.3, 0.4) is 0 Å². The van der Waals surface area contributed by atoms with Crippen LogP contribution in [0.2, 0.25) is 0 Å². The largest absolute Gasteiger partial charge is 0.388 e. The highest BCUT2D eigenvalue weighted by molar-refractivity contribution is 7.09. The molecule has 2 unspecified atom stereocenters. The van der Waals surface area contributed by atoms with Crippen LogP contribution in [0.25, 0.3) is 0 Å². The first-order chi connectivity index (χ1) is 10.1. The predicted molar refractivity (Wildman–Crippen MR) is 85.8 cm³/mol. The van der Waals surface area contributed by atoms with E-state index in [1.807, 2.05) is 37.4 Å². The molecule has 2 heterocycles. The summed E-state index contributed by atoms with van der Waals surface area (Å²) in [6.07, 6.45) is 0.774.